The fourth-order valence-electron chi connectivity index (χ4n) is 2.15. The predicted molar refractivity (Wildman–Crippen MR) is 78.2 cm³/mol. The Kier molecular flexibility index (Phi) is 4.70. The van der Waals surface area contributed by atoms with E-state index in [0.29, 0.717) is 10.8 Å². The summed E-state index contributed by atoms with van der Waals surface area (Å²) in [5.74, 6) is -0.414. The van der Waals surface area contributed by atoms with Gasteiger partial charge >= 0.3 is 0 Å². The Morgan fingerprint density at radius 2 is 2.10 bits per heavy atom. The molecule has 0 fully saturated rings. The number of imidazole rings is 1. The van der Waals surface area contributed by atoms with Crippen molar-refractivity contribution in [3.8, 4) is 0 Å². The maximum absolute atomic E-state index is 12.2. The number of carbonyl (C=O) groups excluding carboxylic acids is 1. The van der Waals surface area contributed by atoms with Crippen LogP contribution in [0.1, 0.15) is 28.5 Å². The van der Waals surface area contributed by atoms with Gasteiger partial charge < -0.3 is 4.57 Å². The van der Waals surface area contributed by atoms with Crippen molar-refractivity contribution in [3.63, 3.8) is 0 Å². The Bertz CT molecular complexity index is 652. The SMILES string of the molecule is Cn1ccnc1C(=O)C[C@@H](C[N+](=O)[O-])c1ccc(Cl)cc1. The monoisotopic (exact) mass is 307 g/mol. The number of benzene rings is 1. The zero-order chi connectivity index (χ0) is 15.4. The molecule has 0 saturated carbocycles. The highest BCUT2D eigenvalue weighted by Crippen LogP contribution is 2.23. The minimum absolute atomic E-state index is 0.0352. The third kappa shape index (κ3) is 3.88. The molecule has 2 aromatic rings. The van der Waals surface area contributed by atoms with E-state index in [1.165, 1.54) is 6.20 Å². The van der Waals surface area contributed by atoms with Crippen molar-refractivity contribution in [2.24, 2.45) is 7.05 Å². The van der Waals surface area contributed by atoms with Crippen LogP contribution in [0, 0.1) is 10.1 Å². The molecule has 2 rings (SSSR count). The Balaban J connectivity index is 2.20. The van der Waals surface area contributed by atoms with E-state index in [1.54, 1.807) is 42.1 Å². The minimum atomic E-state index is -0.499. The lowest BCUT2D eigenvalue weighted by molar-refractivity contribution is -0.483. The van der Waals surface area contributed by atoms with Crippen molar-refractivity contribution >= 4 is 17.4 Å². The molecule has 1 aromatic carbocycles. The molecule has 0 radical (unpaired) electrons. The molecule has 1 atom stereocenters. The van der Waals surface area contributed by atoms with E-state index in [4.69, 9.17) is 11.6 Å². The number of aryl methyl sites for hydroxylation is 1. The van der Waals surface area contributed by atoms with E-state index in [2.05, 4.69) is 4.98 Å². The normalized spacial score (nSPS) is 12.1. The third-order valence-electron chi connectivity index (χ3n) is 3.21. The summed E-state index contributed by atoms with van der Waals surface area (Å²) in [6.07, 6.45) is 3.23. The molecule has 0 aliphatic heterocycles. The van der Waals surface area contributed by atoms with Crippen molar-refractivity contribution in [2.45, 2.75) is 12.3 Å². The first-order valence-electron chi connectivity index (χ1n) is 6.35. The lowest BCUT2D eigenvalue weighted by Gasteiger charge is -2.12. The molecule has 0 N–H and O–H groups in total. The Labute approximate surface area is 126 Å². The molecule has 0 saturated heterocycles. The molecule has 7 heteroatoms. The number of hydrogen-bond donors (Lipinski definition) is 0. The van der Waals surface area contributed by atoms with E-state index in [9.17, 15) is 14.9 Å². The Morgan fingerprint density at radius 3 is 2.62 bits per heavy atom. The molecule has 6 nitrogen and oxygen atoms in total. The smallest absolute Gasteiger partial charge is 0.211 e. The number of nitro groups is 1. The molecule has 0 amide bonds. The molecule has 110 valence electrons. The fourth-order valence-corrected chi connectivity index (χ4v) is 2.28. The van der Waals surface area contributed by atoms with Gasteiger partial charge in [-0.3, -0.25) is 14.9 Å². The van der Waals surface area contributed by atoms with Gasteiger partial charge in [0.2, 0.25) is 6.54 Å². The van der Waals surface area contributed by atoms with Crippen LogP contribution in [0.2, 0.25) is 5.02 Å². The van der Waals surface area contributed by atoms with Gasteiger partial charge in [0, 0.05) is 35.8 Å². The van der Waals surface area contributed by atoms with Gasteiger partial charge in [0.25, 0.3) is 0 Å². The van der Waals surface area contributed by atoms with Gasteiger partial charge in [0.1, 0.15) is 0 Å². The van der Waals surface area contributed by atoms with Gasteiger partial charge in [-0.1, -0.05) is 23.7 Å². The lowest BCUT2D eigenvalue weighted by atomic mass is 9.93. The lowest BCUT2D eigenvalue weighted by Crippen LogP contribution is -2.18. The summed E-state index contributed by atoms with van der Waals surface area (Å²) >= 11 is 5.82. The van der Waals surface area contributed by atoms with Crippen molar-refractivity contribution in [2.75, 3.05) is 6.54 Å². The summed E-state index contributed by atoms with van der Waals surface area (Å²) in [6.45, 7) is -0.308. The van der Waals surface area contributed by atoms with Crippen LogP contribution in [-0.4, -0.2) is 26.8 Å². The van der Waals surface area contributed by atoms with E-state index in [0.717, 1.165) is 5.56 Å². The van der Waals surface area contributed by atoms with Crippen molar-refractivity contribution in [1.29, 1.82) is 0 Å². The minimum Gasteiger partial charge on any atom is -0.332 e. The van der Waals surface area contributed by atoms with Gasteiger partial charge in [-0.2, -0.15) is 0 Å². The molecule has 1 aromatic heterocycles. The zero-order valence-electron chi connectivity index (χ0n) is 11.4. The molecular formula is C14H14ClN3O3. The van der Waals surface area contributed by atoms with Crippen molar-refractivity contribution < 1.29 is 9.72 Å². The number of Topliss-reactive ketones (excluding diaryl/α,β-unsaturated/α-hetero) is 1. The number of hydrogen-bond acceptors (Lipinski definition) is 4. The highest BCUT2D eigenvalue weighted by Gasteiger charge is 2.23. The fraction of sp³-hybridized carbons (Fsp3) is 0.286. The largest absolute Gasteiger partial charge is 0.332 e. The van der Waals surface area contributed by atoms with Gasteiger partial charge in [-0.05, 0) is 17.7 Å². The number of ketones is 1. The first kappa shape index (κ1) is 15.2. The summed E-state index contributed by atoms with van der Waals surface area (Å²) in [5, 5.41) is 11.4. The van der Waals surface area contributed by atoms with Gasteiger partial charge in [0.05, 0.1) is 5.92 Å². The van der Waals surface area contributed by atoms with E-state index in [-0.39, 0.29) is 18.7 Å². The maximum Gasteiger partial charge on any atom is 0.211 e. The van der Waals surface area contributed by atoms with Crippen LogP contribution < -0.4 is 0 Å². The highest BCUT2D eigenvalue weighted by atomic mass is 35.5. The van der Waals surface area contributed by atoms with Gasteiger partial charge in [-0.25, -0.2) is 4.98 Å². The number of halogens is 1. The maximum atomic E-state index is 12.2. The Hall–Kier alpha value is -2.21. The van der Waals surface area contributed by atoms with Crippen molar-refractivity contribution in [1.82, 2.24) is 9.55 Å². The molecule has 21 heavy (non-hydrogen) atoms. The quantitative estimate of drug-likeness (QED) is 0.467. The second kappa shape index (κ2) is 6.49. The van der Waals surface area contributed by atoms with Crippen LogP contribution in [0.4, 0.5) is 0 Å². The molecular weight excluding hydrogens is 294 g/mol. The van der Waals surface area contributed by atoms with E-state index >= 15 is 0 Å². The average molecular weight is 308 g/mol. The number of rotatable bonds is 6. The van der Waals surface area contributed by atoms with Gasteiger partial charge in [-0.15, -0.1) is 0 Å². The van der Waals surface area contributed by atoms with Gasteiger partial charge in [0.15, 0.2) is 11.6 Å². The van der Waals surface area contributed by atoms with E-state index < -0.39 is 10.8 Å². The van der Waals surface area contributed by atoms with Crippen molar-refractivity contribution in [3.05, 3.63) is 63.2 Å². The topological polar surface area (TPSA) is 78.0 Å². The van der Waals surface area contributed by atoms with Crippen LogP contribution in [-0.2, 0) is 7.05 Å². The number of nitrogens with zero attached hydrogens (tertiary/aromatic N) is 3. The average Bonchev–Trinajstić information content (AvgIpc) is 2.84. The molecule has 0 aliphatic carbocycles. The van der Waals surface area contributed by atoms with Crippen LogP contribution in [0.25, 0.3) is 0 Å². The summed E-state index contributed by atoms with van der Waals surface area (Å²) < 4.78 is 1.60. The van der Waals surface area contributed by atoms with Crippen LogP contribution >= 0.6 is 11.6 Å². The second-order valence-corrected chi connectivity index (χ2v) is 5.19. The molecule has 0 aliphatic rings. The molecule has 1 heterocycles. The number of aromatic nitrogens is 2. The summed E-state index contributed by atoms with van der Waals surface area (Å²) in [5.41, 5.74) is 0.721. The Morgan fingerprint density at radius 1 is 1.43 bits per heavy atom. The third-order valence-corrected chi connectivity index (χ3v) is 3.47. The predicted octanol–water partition coefficient (Wildman–Crippen LogP) is 2.71. The molecule has 0 unspecified atom stereocenters. The summed E-state index contributed by atoms with van der Waals surface area (Å²) in [4.78, 5) is 26.6. The summed E-state index contributed by atoms with van der Waals surface area (Å²) in [7, 11) is 1.71. The highest BCUT2D eigenvalue weighted by molar-refractivity contribution is 6.30. The van der Waals surface area contributed by atoms with Crippen LogP contribution in [0.5, 0.6) is 0 Å². The zero-order valence-corrected chi connectivity index (χ0v) is 12.2. The van der Waals surface area contributed by atoms with E-state index in [1.807, 2.05) is 0 Å². The first-order chi connectivity index (χ1) is 9.97. The first-order valence-corrected chi connectivity index (χ1v) is 6.73. The molecule has 0 bridgehead atoms. The number of carbonyl (C=O) groups is 1. The standard InChI is InChI=1S/C14H14ClN3O3/c1-17-7-6-16-14(17)13(19)8-11(9-18(20)21)10-2-4-12(15)5-3-10/h2-7,11H,8-9H2,1H3/t11-/m0/s1. The summed E-state index contributed by atoms with van der Waals surface area (Å²) in [6, 6.07) is 6.74. The van der Waals surface area contributed by atoms with Crippen LogP contribution in [0.15, 0.2) is 36.7 Å². The van der Waals surface area contributed by atoms with Crippen LogP contribution in [0.3, 0.4) is 0 Å². The second-order valence-electron chi connectivity index (χ2n) is 4.75. The molecule has 0 spiro atoms.